The van der Waals surface area contributed by atoms with E-state index in [1.807, 2.05) is 58.1 Å². The monoisotopic (exact) mass is 896 g/mol. The highest BCUT2D eigenvalue weighted by Gasteiger charge is 2.54. The molecule has 64 heavy (non-hydrogen) atoms. The smallest absolute Gasteiger partial charge is 0.329 e. The quantitative estimate of drug-likeness (QED) is 0.204. The van der Waals surface area contributed by atoms with E-state index in [0.29, 0.717) is 68.8 Å². The predicted octanol–water partition coefficient (Wildman–Crippen LogP) is 6.41. The lowest BCUT2D eigenvalue weighted by Gasteiger charge is -2.42. The second-order valence-electron chi connectivity index (χ2n) is 20.1. The largest absolute Gasteiger partial charge is 0.460 e. The first-order chi connectivity index (χ1) is 30.3. The number of carbonyl (C=O) groups is 5. The Kier molecular flexibility index (Phi) is 18.5. The summed E-state index contributed by atoms with van der Waals surface area (Å²) in [7, 11) is 2.98. The lowest BCUT2D eigenvalue weighted by Crippen LogP contribution is -2.61. The van der Waals surface area contributed by atoms with Gasteiger partial charge in [-0.05, 0) is 119 Å². The van der Waals surface area contributed by atoms with Crippen molar-refractivity contribution in [3.05, 3.63) is 47.6 Å². The number of ketones is 3. The molecule has 3 N–H and O–H groups in total. The molecule has 0 radical (unpaired) electrons. The highest BCUT2D eigenvalue weighted by molar-refractivity contribution is 6.39. The first-order valence-corrected chi connectivity index (χ1v) is 24.0. The van der Waals surface area contributed by atoms with Crippen LogP contribution in [0.3, 0.4) is 0 Å². The van der Waals surface area contributed by atoms with E-state index in [1.54, 1.807) is 34.0 Å². The minimum Gasteiger partial charge on any atom is -0.460 e. The Morgan fingerprint density at radius 2 is 1.61 bits per heavy atom. The van der Waals surface area contributed by atoms with Crippen LogP contribution in [0.25, 0.3) is 0 Å². The van der Waals surface area contributed by atoms with Gasteiger partial charge in [0.1, 0.15) is 18.2 Å². The Hall–Kier alpha value is -3.33. The Balaban J connectivity index is 1.46. The molecule has 2 saturated heterocycles. The van der Waals surface area contributed by atoms with Crippen molar-refractivity contribution in [1.29, 1.82) is 0 Å². The molecular formula is C51H77NO12. The summed E-state index contributed by atoms with van der Waals surface area (Å²) in [5, 5.41) is 33.8. The van der Waals surface area contributed by atoms with Crippen LogP contribution < -0.4 is 0 Å². The number of aliphatic hydroxyl groups is 3. The Labute approximate surface area is 381 Å². The molecule has 0 spiro atoms. The van der Waals surface area contributed by atoms with Gasteiger partial charge in [0.05, 0.1) is 24.4 Å². The molecule has 2 aliphatic carbocycles. The number of methoxy groups -OCH3 is 2. The fourth-order valence-corrected chi connectivity index (χ4v) is 10.8. The van der Waals surface area contributed by atoms with E-state index >= 15 is 0 Å². The molecule has 0 aromatic rings. The van der Waals surface area contributed by atoms with E-state index in [1.165, 1.54) is 12.0 Å². The van der Waals surface area contributed by atoms with Crippen molar-refractivity contribution >= 4 is 29.2 Å². The number of nitrogens with zero attached hydrogens (tertiary/aromatic N) is 1. The van der Waals surface area contributed by atoms with E-state index in [-0.39, 0.29) is 54.8 Å². The number of fused-ring (bicyclic) bond motifs is 4. The van der Waals surface area contributed by atoms with Crippen LogP contribution in [-0.4, -0.2) is 119 Å². The number of aliphatic hydroxyl groups excluding tert-OH is 2. The van der Waals surface area contributed by atoms with Crippen molar-refractivity contribution in [3.63, 3.8) is 0 Å². The van der Waals surface area contributed by atoms with E-state index in [0.717, 1.165) is 18.4 Å². The summed E-state index contributed by atoms with van der Waals surface area (Å²) < 4.78 is 23.9. The maximum absolute atomic E-state index is 14.4. The van der Waals surface area contributed by atoms with Crippen LogP contribution in [0.2, 0.25) is 0 Å². The molecule has 0 aromatic carbocycles. The highest BCUT2D eigenvalue weighted by Crippen LogP contribution is 2.55. The number of piperidine rings is 1. The number of carbonyl (C=O) groups excluding carboxylic acids is 5. The first-order valence-electron chi connectivity index (χ1n) is 24.0. The molecule has 358 valence electrons. The minimum absolute atomic E-state index is 0.0306. The van der Waals surface area contributed by atoms with Crippen molar-refractivity contribution in [2.45, 2.75) is 174 Å². The third-order valence-corrected chi connectivity index (χ3v) is 15.1. The van der Waals surface area contributed by atoms with Gasteiger partial charge in [-0.2, -0.15) is 0 Å². The van der Waals surface area contributed by atoms with Gasteiger partial charge in [-0.15, -0.1) is 0 Å². The van der Waals surface area contributed by atoms with Crippen molar-refractivity contribution < 1.29 is 58.2 Å². The molecule has 1 amide bonds. The molecule has 4 fully saturated rings. The summed E-state index contributed by atoms with van der Waals surface area (Å²) in [6.07, 6.45) is 12.9. The van der Waals surface area contributed by atoms with Gasteiger partial charge < -0.3 is 39.2 Å². The maximum Gasteiger partial charge on any atom is 0.329 e. The van der Waals surface area contributed by atoms with Gasteiger partial charge in [0.15, 0.2) is 11.6 Å². The van der Waals surface area contributed by atoms with Gasteiger partial charge >= 0.3 is 5.97 Å². The molecule has 5 rings (SSSR count). The summed E-state index contributed by atoms with van der Waals surface area (Å²) in [4.78, 5) is 71.7. The molecule has 16 atom stereocenters. The normalized spacial score (nSPS) is 40.7. The van der Waals surface area contributed by atoms with Crippen molar-refractivity contribution in [1.82, 2.24) is 4.90 Å². The van der Waals surface area contributed by atoms with Gasteiger partial charge in [0, 0.05) is 51.4 Å². The fourth-order valence-electron chi connectivity index (χ4n) is 10.8. The lowest BCUT2D eigenvalue weighted by atomic mass is 9.79. The standard InChI is InChI=1S/C51H77NO12/c1-29-15-11-10-12-16-30(2)43(61-8)26-37-20-18-35(7)51(60,64-37)48(57)49(58)52-22-14-13-17-40(52)50(59)63-44(32(4)25-36-19-21-41(53)39-27-38(36)39)28-42(54)31(3)24-34(6)46(56)47(62-9)45(55)33(5)23-29/h10-12,15-16,24,29,32-41,43-44,46-47,53,56,60H,13-14,17-23,25-28H2,1-9H3/b12-10?,15-11?,30-16?,31-24-. The van der Waals surface area contributed by atoms with E-state index in [2.05, 4.69) is 0 Å². The second-order valence-corrected chi connectivity index (χ2v) is 20.1. The molecule has 3 heterocycles. The number of esters is 1. The summed E-state index contributed by atoms with van der Waals surface area (Å²) in [6.45, 7) is 12.9. The summed E-state index contributed by atoms with van der Waals surface area (Å²) in [5.41, 5.74) is 1.22. The van der Waals surface area contributed by atoms with Gasteiger partial charge in [-0.25, -0.2) is 4.79 Å². The molecule has 5 aliphatic rings. The molecule has 2 bridgehead atoms. The van der Waals surface area contributed by atoms with Crippen LogP contribution in [0, 0.1) is 47.3 Å². The van der Waals surface area contributed by atoms with Crippen LogP contribution in [0.5, 0.6) is 0 Å². The molecular weight excluding hydrogens is 819 g/mol. The van der Waals surface area contributed by atoms with Crippen molar-refractivity contribution in [2.75, 3.05) is 20.8 Å². The molecule has 16 unspecified atom stereocenters. The molecule has 2 saturated carbocycles. The zero-order valence-electron chi connectivity index (χ0n) is 39.8. The number of hydrogen-bond acceptors (Lipinski definition) is 12. The third kappa shape index (κ3) is 12.6. The van der Waals surface area contributed by atoms with Crippen molar-refractivity contribution in [3.8, 4) is 0 Å². The van der Waals surface area contributed by atoms with Gasteiger partial charge in [0.2, 0.25) is 5.79 Å². The highest BCUT2D eigenvalue weighted by atomic mass is 16.6. The number of Topliss-reactive ketones (excluding diaryl/α,β-unsaturated/α-hetero) is 3. The Morgan fingerprint density at radius 3 is 2.31 bits per heavy atom. The Morgan fingerprint density at radius 1 is 0.875 bits per heavy atom. The summed E-state index contributed by atoms with van der Waals surface area (Å²) in [5.74, 6) is -6.84. The lowest BCUT2D eigenvalue weighted by molar-refractivity contribution is -0.265. The number of hydrogen-bond donors (Lipinski definition) is 3. The number of ether oxygens (including phenoxy) is 4. The number of amides is 1. The van der Waals surface area contributed by atoms with E-state index < -0.39 is 77.8 Å². The van der Waals surface area contributed by atoms with Crippen LogP contribution in [0.1, 0.15) is 126 Å². The zero-order chi connectivity index (χ0) is 47.0. The second kappa shape index (κ2) is 22.9. The number of rotatable bonds is 5. The average Bonchev–Trinajstić information content (AvgIpc) is 4.09. The SMILES string of the molecule is COC1CC2CCC(C)C(O)(O2)C(=O)C(=O)N2CCCCC2C(=O)OC(C(C)CC2CCC(O)C3CC23)CC(=O)/C(C)=C\C(C)C(O)C(OC)C(=O)C(C)CC(C)C=CC=CC=C1C. The molecule has 3 aliphatic heterocycles. The zero-order valence-corrected chi connectivity index (χ0v) is 39.8. The molecule has 13 heteroatoms. The number of allylic oxidation sites excluding steroid dienone is 6. The summed E-state index contributed by atoms with van der Waals surface area (Å²) >= 11 is 0. The topological polar surface area (TPSA) is 186 Å². The van der Waals surface area contributed by atoms with Crippen LogP contribution in [0.4, 0.5) is 0 Å². The van der Waals surface area contributed by atoms with Crippen LogP contribution in [-0.2, 0) is 42.9 Å². The van der Waals surface area contributed by atoms with Gasteiger partial charge in [-0.3, -0.25) is 19.2 Å². The van der Waals surface area contributed by atoms with Gasteiger partial charge in [-0.1, -0.05) is 71.1 Å². The van der Waals surface area contributed by atoms with Gasteiger partial charge in [0.25, 0.3) is 11.7 Å². The predicted molar refractivity (Wildman–Crippen MR) is 241 cm³/mol. The fraction of sp³-hybridized carbons (Fsp3) is 0.745. The number of cyclic esters (lactones) is 1. The molecule has 13 nitrogen and oxygen atoms in total. The Bertz CT molecular complexity index is 1790. The molecule has 0 aromatic heterocycles. The van der Waals surface area contributed by atoms with Crippen molar-refractivity contribution in [2.24, 2.45) is 47.3 Å². The summed E-state index contributed by atoms with van der Waals surface area (Å²) in [6, 6.07) is -1.11. The van der Waals surface area contributed by atoms with Crippen LogP contribution in [0.15, 0.2) is 47.6 Å². The van der Waals surface area contributed by atoms with Crippen LogP contribution >= 0.6 is 0 Å². The average molecular weight is 896 g/mol. The maximum atomic E-state index is 14.4. The first kappa shape index (κ1) is 51.7. The van der Waals surface area contributed by atoms with E-state index in [4.69, 9.17) is 18.9 Å². The third-order valence-electron chi connectivity index (χ3n) is 15.1. The van der Waals surface area contributed by atoms with E-state index in [9.17, 15) is 39.3 Å². The minimum atomic E-state index is -2.41.